The Bertz CT molecular complexity index is 742. The van der Waals surface area contributed by atoms with Gasteiger partial charge in [0.2, 0.25) is 0 Å². The molecule has 0 unspecified atom stereocenters. The number of rotatable bonds is 8. The number of hydrogen-bond acceptors (Lipinski definition) is 3. The first-order valence-electron chi connectivity index (χ1n) is 7.76. The number of ether oxygens (including phenoxy) is 1. The quantitative estimate of drug-likeness (QED) is 0.597. The fourth-order valence-corrected chi connectivity index (χ4v) is 3.20. The average Bonchev–Trinajstić information content (AvgIpc) is 2.55. The van der Waals surface area contributed by atoms with Crippen LogP contribution in [-0.4, -0.2) is 17.6 Å². The predicted molar refractivity (Wildman–Crippen MR) is 102 cm³/mol. The molecule has 2 N–H and O–H groups in total. The van der Waals surface area contributed by atoms with E-state index < -0.39 is 5.97 Å². The Balaban J connectivity index is 2.13. The van der Waals surface area contributed by atoms with E-state index in [1.807, 2.05) is 25.1 Å². The summed E-state index contributed by atoms with van der Waals surface area (Å²) in [6.07, 6.45) is 0.366. The van der Waals surface area contributed by atoms with E-state index in [1.165, 1.54) is 0 Å². The molecule has 2 rings (SSSR count). The second kappa shape index (κ2) is 9.18. The zero-order valence-electron chi connectivity index (χ0n) is 13.6. The minimum atomic E-state index is -0.872. The van der Waals surface area contributed by atoms with E-state index in [4.69, 9.17) is 44.6 Å². The van der Waals surface area contributed by atoms with E-state index >= 15 is 0 Å². The molecule has 0 saturated carbocycles. The van der Waals surface area contributed by atoms with Gasteiger partial charge in [-0.1, -0.05) is 46.9 Å². The SMILES string of the molecule is CCNc1cccc(COc2c(Cl)cc(CCC(=O)O)cc2Cl)c1Cl. The zero-order valence-corrected chi connectivity index (χ0v) is 15.9. The Hall–Kier alpha value is -1.62. The highest BCUT2D eigenvalue weighted by molar-refractivity contribution is 6.37. The smallest absolute Gasteiger partial charge is 0.303 e. The Kier molecular flexibility index (Phi) is 7.24. The Morgan fingerprint density at radius 1 is 1.20 bits per heavy atom. The highest BCUT2D eigenvalue weighted by Gasteiger charge is 2.13. The molecule has 2 aromatic carbocycles. The van der Waals surface area contributed by atoms with Crippen molar-refractivity contribution >= 4 is 46.5 Å². The van der Waals surface area contributed by atoms with Gasteiger partial charge >= 0.3 is 5.97 Å². The van der Waals surface area contributed by atoms with Gasteiger partial charge in [-0.25, -0.2) is 0 Å². The van der Waals surface area contributed by atoms with Crippen molar-refractivity contribution in [3.8, 4) is 5.75 Å². The van der Waals surface area contributed by atoms with Gasteiger partial charge in [0.1, 0.15) is 6.61 Å². The highest BCUT2D eigenvalue weighted by atomic mass is 35.5. The van der Waals surface area contributed by atoms with E-state index in [0.717, 1.165) is 23.4 Å². The summed E-state index contributed by atoms with van der Waals surface area (Å²) in [5, 5.41) is 13.2. The molecule has 7 heteroatoms. The van der Waals surface area contributed by atoms with Gasteiger partial charge in [-0.15, -0.1) is 0 Å². The van der Waals surface area contributed by atoms with Gasteiger partial charge in [0.05, 0.1) is 20.8 Å². The van der Waals surface area contributed by atoms with Gasteiger partial charge in [-0.2, -0.15) is 0 Å². The Morgan fingerprint density at radius 3 is 2.48 bits per heavy atom. The molecule has 0 atom stereocenters. The van der Waals surface area contributed by atoms with Crippen molar-refractivity contribution < 1.29 is 14.6 Å². The summed E-state index contributed by atoms with van der Waals surface area (Å²) < 4.78 is 5.76. The van der Waals surface area contributed by atoms with Crippen molar-refractivity contribution in [3.63, 3.8) is 0 Å². The molecule has 2 aromatic rings. The van der Waals surface area contributed by atoms with E-state index in [2.05, 4.69) is 5.32 Å². The predicted octanol–water partition coefficient (Wildman–Crippen LogP) is 5.67. The summed E-state index contributed by atoms with van der Waals surface area (Å²) in [6.45, 7) is 2.97. The zero-order chi connectivity index (χ0) is 18.4. The third-order valence-electron chi connectivity index (χ3n) is 3.50. The van der Waals surface area contributed by atoms with Crippen LogP contribution in [0.4, 0.5) is 5.69 Å². The van der Waals surface area contributed by atoms with Crippen LogP contribution in [0.5, 0.6) is 5.75 Å². The standard InChI is InChI=1S/C18H18Cl3NO3/c1-2-22-15-5-3-4-12(17(15)21)10-25-18-13(19)8-11(9-14(18)20)6-7-16(23)24/h3-5,8-9,22H,2,6-7,10H2,1H3,(H,23,24). The molecule has 0 fully saturated rings. The van der Waals surface area contributed by atoms with Crippen LogP contribution < -0.4 is 10.1 Å². The van der Waals surface area contributed by atoms with Crippen molar-refractivity contribution in [3.05, 3.63) is 56.5 Å². The molecular formula is C18H18Cl3NO3. The van der Waals surface area contributed by atoms with Gasteiger partial charge < -0.3 is 15.2 Å². The molecule has 134 valence electrons. The Labute approximate surface area is 161 Å². The summed E-state index contributed by atoms with van der Waals surface area (Å²) in [5.41, 5.74) is 2.39. The van der Waals surface area contributed by atoms with Gasteiger partial charge in [0.25, 0.3) is 0 Å². The molecule has 0 spiro atoms. The van der Waals surface area contributed by atoms with E-state index in [-0.39, 0.29) is 13.0 Å². The number of aliphatic carboxylic acids is 1. The lowest BCUT2D eigenvalue weighted by Crippen LogP contribution is -2.02. The van der Waals surface area contributed by atoms with Gasteiger partial charge in [-0.3, -0.25) is 4.79 Å². The van der Waals surface area contributed by atoms with Crippen molar-refractivity contribution in [2.75, 3.05) is 11.9 Å². The van der Waals surface area contributed by atoms with E-state index in [0.29, 0.717) is 27.2 Å². The van der Waals surface area contributed by atoms with Crippen LogP contribution >= 0.6 is 34.8 Å². The van der Waals surface area contributed by atoms with Crippen molar-refractivity contribution in [1.29, 1.82) is 0 Å². The first-order valence-corrected chi connectivity index (χ1v) is 8.89. The molecule has 0 aliphatic carbocycles. The topological polar surface area (TPSA) is 58.6 Å². The number of halogens is 3. The van der Waals surface area contributed by atoms with Crippen LogP contribution in [-0.2, 0) is 17.8 Å². The Morgan fingerprint density at radius 2 is 1.88 bits per heavy atom. The summed E-state index contributed by atoms with van der Waals surface area (Å²) >= 11 is 18.8. The summed E-state index contributed by atoms with van der Waals surface area (Å²) in [7, 11) is 0. The fourth-order valence-electron chi connectivity index (χ4n) is 2.31. The number of hydrogen-bond donors (Lipinski definition) is 2. The van der Waals surface area contributed by atoms with Crippen LogP contribution in [0.2, 0.25) is 15.1 Å². The molecule has 25 heavy (non-hydrogen) atoms. The minimum Gasteiger partial charge on any atom is -0.486 e. The lowest BCUT2D eigenvalue weighted by molar-refractivity contribution is -0.136. The van der Waals surface area contributed by atoms with E-state index in [9.17, 15) is 4.79 Å². The summed E-state index contributed by atoms with van der Waals surface area (Å²) in [5.74, 6) is -0.518. The average molecular weight is 403 g/mol. The second-order valence-electron chi connectivity index (χ2n) is 5.38. The van der Waals surface area contributed by atoms with Crippen LogP contribution in [0.3, 0.4) is 0 Å². The van der Waals surface area contributed by atoms with Crippen LogP contribution in [0, 0.1) is 0 Å². The number of anilines is 1. The number of carboxylic acid groups (broad SMARTS) is 1. The number of carbonyl (C=O) groups is 1. The van der Waals surface area contributed by atoms with Crippen molar-refractivity contribution in [2.24, 2.45) is 0 Å². The van der Waals surface area contributed by atoms with Crippen molar-refractivity contribution in [2.45, 2.75) is 26.4 Å². The first kappa shape index (κ1) is 19.7. The molecule has 0 aliphatic rings. The normalized spacial score (nSPS) is 10.6. The lowest BCUT2D eigenvalue weighted by atomic mass is 10.1. The maximum Gasteiger partial charge on any atom is 0.303 e. The summed E-state index contributed by atoms with van der Waals surface area (Å²) in [6, 6.07) is 8.99. The van der Waals surface area contributed by atoms with E-state index in [1.54, 1.807) is 12.1 Å². The largest absolute Gasteiger partial charge is 0.486 e. The first-order chi connectivity index (χ1) is 11.9. The lowest BCUT2D eigenvalue weighted by Gasteiger charge is -2.14. The minimum absolute atomic E-state index is 0.0136. The molecule has 0 radical (unpaired) electrons. The molecule has 0 amide bonds. The van der Waals surface area contributed by atoms with Gasteiger partial charge in [0.15, 0.2) is 5.75 Å². The molecule has 0 aromatic heterocycles. The number of nitrogens with one attached hydrogen (secondary N) is 1. The van der Waals surface area contributed by atoms with Crippen molar-refractivity contribution in [1.82, 2.24) is 0 Å². The van der Waals surface area contributed by atoms with Gasteiger partial charge in [0, 0.05) is 18.5 Å². The van der Waals surface area contributed by atoms with Crippen LogP contribution in [0.1, 0.15) is 24.5 Å². The molecule has 0 bridgehead atoms. The van der Waals surface area contributed by atoms with Crippen LogP contribution in [0.15, 0.2) is 30.3 Å². The maximum atomic E-state index is 10.7. The maximum absolute atomic E-state index is 10.7. The molecular weight excluding hydrogens is 385 g/mol. The molecule has 0 heterocycles. The molecule has 0 saturated heterocycles. The van der Waals surface area contributed by atoms with Crippen LogP contribution in [0.25, 0.3) is 0 Å². The highest BCUT2D eigenvalue weighted by Crippen LogP contribution is 2.36. The van der Waals surface area contributed by atoms with Gasteiger partial charge in [-0.05, 0) is 37.1 Å². The third kappa shape index (κ3) is 5.43. The second-order valence-corrected chi connectivity index (χ2v) is 6.57. The fraction of sp³-hybridized carbons (Fsp3) is 0.278. The third-order valence-corrected chi connectivity index (χ3v) is 4.51. The summed E-state index contributed by atoms with van der Waals surface area (Å²) in [4.78, 5) is 10.7. The number of aryl methyl sites for hydroxylation is 1. The monoisotopic (exact) mass is 401 g/mol. The number of benzene rings is 2. The molecule has 4 nitrogen and oxygen atoms in total. The number of carboxylic acids is 1. The molecule has 0 aliphatic heterocycles.